The van der Waals surface area contributed by atoms with Crippen molar-refractivity contribution < 1.29 is 23.5 Å². The number of rotatable bonds is 3. The maximum absolute atomic E-state index is 11.6. The Morgan fingerprint density at radius 1 is 1.30 bits per heavy atom. The number of ether oxygens (including phenoxy) is 2. The van der Waals surface area contributed by atoms with Gasteiger partial charge in [-0.1, -0.05) is 0 Å². The second-order valence-electron chi connectivity index (χ2n) is 3.75. The molecule has 0 unspecified atom stereocenters. The number of thiophene rings is 1. The predicted octanol–water partition coefficient (Wildman–Crippen LogP) is 3.05. The van der Waals surface area contributed by atoms with Gasteiger partial charge in [0.25, 0.3) is 0 Å². The summed E-state index contributed by atoms with van der Waals surface area (Å²) in [5, 5.41) is 0. The first kappa shape index (κ1) is 14.7. The van der Waals surface area contributed by atoms with Gasteiger partial charge in [0.15, 0.2) is 0 Å². The van der Waals surface area contributed by atoms with Crippen molar-refractivity contribution in [2.24, 2.45) is 0 Å². The number of hydrogen-bond donors (Lipinski definition) is 0. The highest BCUT2D eigenvalue weighted by molar-refractivity contribution is 9.11. The lowest BCUT2D eigenvalue weighted by atomic mass is 10.3. The van der Waals surface area contributed by atoms with Gasteiger partial charge in [0.2, 0.25) is 17.3 Å². The molecule has 0 radical (unpaired) electrons. The Balaban J connectivity index is 2.53. The smallest absolute Gasteiger partial charge is 0.376 e. The van der Waals surface area contributed by atoms with Crippen LogP contribution >= 0.6 is 27.3 Å². The van der Waals surface area contributed by atoms with Crippen molar-refractivity contribution >= 4 is 39.2 Å². The van der Waals surface area contributed by atoms with Crippen LogP contribution < -0.4 is 0 Å². The van der Waals surface area contributed by atoms with Crippen LogP contribution in [0.4, 0.5) is 0 Å². The first-order chi connectivity index (χ1) is 9.47. The molecule has 0 fully saturated rings. The van der Waals surface area contributed by atoms with E-state index in [-0.39, 0.29) is 17.3 Å². The summed E-state index contributed by atoms with van der Waals surface area (Å²) in [5.74, 6) is -1.63. The Bertz CT molecular complexity index is 622. The van der Waals surface area contributed by atoms with Gasteiger partial charge in [-0.15, -0.1) is 11.3 Å². The minimum Gasteiger partial charge on any atom is -0.464 e. The third kappa shape index (κ3) is 2.61. The van der Waals surface area contributed by atoms with Gasteiger partial charge >= 0.3 is 11.9 Å². The van der Waals surface area contributed by atoms with Crippen molar-refractivity contribution in [3.63, 3.8) is 0 Å². The van der Waals surface area contributed by atoms with Crippen molar-refractivity contribution in [1.29, 1.82) is 0 Å². The van der Waals surface area contributed by atoms with Gasteiger partial charge in [-0.2, -0.15) is 0 Å². The maximum atomic E-state index is 11.6. The molecule has 106 valence electrons. The first-order valence-electron chi connectivity index (χ1n) is 5.41. The third-order valence-corrected chi connectivity index (χ3v) is 4.57. The summed E-state index contributed by atoms with van der Waals surface area (Å²) in [6.45, 7) is 1.91. The molecule has 0 amide bonds. The number of hydrogen-bond acceptors (Lipinski definition) is 7. The molecular weight excluding hydrogens is 350 g/mol. The summed E-state index contributed by atoms with van der Waals surface area (Å²) in [4.78, 5) is 27.9. The number of aromatic nitrogens is 1. The Labute approximate surface area is 126 Å². The maximum Gasteiger partial charge on any atom is 0.376 e. The minimum absolute atomic E-state index is 0.171. The number of halogens is 1. The van der Waals surface area contributed by atoms with E-state index < -0.39 is 11.9 Å². The summed E-state index contributed by atoms with van der Waals surface area (Å²) in [6.07, 6.45) is 0. The number of esters is 2. The van der Waals surface area contributed by atoms with E-state index in [0.29, 0.717) is 4.88 Å². The molecule has 0 bridgehead atoms. The molecule has 0 aromatic carbocycles. The van der Waals surface area contributed by atoms with E-state index in [4.69, 9.17) is 4.42 Å². The molecular formula is C12H10BrNO5S. The Morgan fingerprint density at radius 3 is 2.45 bits per heavy atom. The molecule has 8 heteroatoms. The van der Waals surface area contributed by atoms with Crippen LogP contribution in [0.15, 0.2) is 14.3 Å². The third-order valence-electron chi connectivity index (χ3n) is 2.44. The molecule has 0 aliphatic heterocycles. The Kier molecular flexibility index (Phi) is 4.24. The lowest BCUT2D eigenvalue weighted by Crippen LogP contribution is -2.10. The van der Waals surface area contributed by atoms with E-state index in [1.807, 2.05) is 13.0 Å². The van der Waals surface area contributed by atoms with E-state index >= 15 is 0 Å². The van der Waals surface area contributed by atoms with Gasteiger partial charge in [0.1, 0.15) is 0 Å². The molecule has 20 heavy (non-hydrogen) atoms. The molecule has 0 aliphatic carbocycles. The molecule has 0 N–H and O–H groups in total. The largest absolute Gasteiger partial charge is 0.464 e. The second-order valence-corrected chi connectivity index (χ2v) is 6.12. The van der Waals surface area contributed by atoms with Crippen LogP contribution in [0.1, 0.15) is 26.6 Å². The van der Waals surface area contributed by atoms with Crippen LogP contribution in [0.25, 0.3) is 10.8 Å². The van der Waals surface area contributed by atoms with Crippen molar-refractivity contribution in [2.45, 2.75) is 6.92 Å². The normalized spacial score (nSPS) is 10.4. The van der Waals surface area contributed by atoms with Crippen LogP contribution in [0.3, 0.4) is 0 Å². The molecule has 6 nitrogen and oxygen atoms in total. The van der Waals surface area contributed by atoms with Crippen molar-refractivity contribution in [3.8, 4) is 10.8 Å². The zero-order valence-electron chi connectivity index (χ0n) is 10.9. The van der Waals surface area contributed by atoms with E-state index in [1.165, 1.54) is 25.6 Å². The molecule has 0 atom stereocenters. The monoisotopic (exact) mass is 359 g/mol. The molecule has 0 spiro atoms. The quantitative estimate of drug-likeness (QED) is 0.783. The predicted molar refractivity (Wildman–Crippen MR) is 74.9 cm³/mol. The molecule has 0 saturated carbocycles. The van der Waals surface area contributed by atoms with Gasteiger partial charge in [0, 0.05) is 0 Å². The fourth-order valence-electron chi connectivity index (χ4n) is 1.46. The van der Waals surface area contributed by atoms with E-state index in [9.17, 15) is 9.59 Å². The topological polar surface area (TPSA) is 78.6 Å². The van der Waals surface area contributed by atoms with Gasteiger partial charge < -0.3 is 13.9 Å². The Morgan fingerprint density at radius 2 is 1.95 bits per heavy atom. The van der Waals surface area contributed by atoms with Gasteiger partial charge in [-0.3, -0.25) is 0 Å². The van der Waals surface area contributed by atoms with Crippen molar-refractivity contribution in [1.82, 2.24) is 4.98 Å². The zero-order valence-corrected chi connectivity index (χ0v) is 13.3. The molecule has 2 aromatic heterocycles. The standard InChI is InChI=1S/C12H10BrNO5S/c1-5-4-6(20-9(5)13)10-14-7(11(15)17-2)8(19-10)12(16)18-3/h4H,1-3H3. The van der Waals surface area contributed by atoms with Gasteiger partial charge in [-0.25, -0.2) is 14.6 Å². The number of carbonyl (C=O) groups excluding carboxylic acids is 2. The van der Waals surface area contributed by atoms with Gasteiger partial charge in [0.05, 0.1) is 22.9 Å². The molecule has 0 aliphatic rings. The summed E-state index contributed by atoms with van der Waals surface area (Å²) in [7, 11) is 2.39. The number of aryl methyl sites for hydroxylation is 1. The average molecular weight is 360 g/mol. The highest BCUT2D eigenvalue weighted by Crippen LogP contribution is 2.35. The van der Waals surface area contributed by atoms with Crippen molar-refractivity contribution in [2.75, 3.05) is 14.2 Å². The lowest BCUT2D eigenvalue weighted by Gasteiger charge is -1.96. The summed E-state index contributed by atoms with van der Waals surface area (Å²) in [5.41, 5.74) is 0.805. The lowest BCUT2D eigenvalue weighted by molar-refractivity contribution is 0.0527. The highest BCUT2D eigenvalue weighted by atomic mass is 79.9. The number of carbonyl (C=O) groups is 2. The summed E-state index contributed by atoms with van der Waals surface area (Å²) in [6, 6.07) is 1.84. The van der Waals surface area contributed by atoms with Gasteiger partial charge in [-0.05, 0) is 34.5 Å². The van der Waals surface area contributed by atoms with E-state index in [1.54, 1.807) is 0 Å². The van der Waals surface area contributed by atoms with E-state index in [0.717, 1.165) is 9.35 Å². The summed E-state index contributed by atoms with van der Waals surface area (Å²) < 4.78 is 15.4. The molecule has 2 rings (SSSR count). The van der Waals surface area contributed by atoms with Crippen LogP contribution in [-0.2, 0) is 9.47 Å². The first-order valence-corrected chi connectivity index (χ1v) is 7.02. The zero-order chi connectivity index (χ0) is 14.9. The van der Waals surface area contributed by atoms with Crippen molar-refractivity contribution in [3.05, 3.63) is 26.9 Å². The second kappa shape index (κ2) is 5.76. The average Bonchev–Trinajstić information content (AvgIpc) is 3.02. The number of nitrogens with zero attached hydrogens (tertiary/aromatic N) is 1. The fourth-order valence-corrected chi connectivity index (χ4v) is 2.92. The molecule has 2 aromatic rings. The Hall–Kier alpha value is -1.67. The highest BCUT2D eigenvalue weighted by Gasteiger charge is 2.28. The SMILES string of the molecule is COC(=O)c1nc(-c2cc(C)c(Br)s2)oc1C(=O)OC. The van der Waals surface area contributed by atoms with Crippen LogP contribution in [0, 0.1) is 6.92 Å². The van der Waals surface area contributed by atoms with E-state index in [2.05, 4.69) is 30.4 Å². The fraction of sp³-hybridized carbons (Fsp3) is 0.250. The van der Waals surface area contributed by atoms with Crippen LogP contribution in [0.2, 0.25) is 0 Å². The van der Waals surface area contributed by atoms with Crippen LogP contribution in [-0.4, -0.2) is 31.1 Å². The molecule has 0 saturated heterocycles. The number of methoxy groups -OCH3 is 2. The minimum atomic E-state index is -0.781. The van der Waals surface area contributed by atoms with Crippen LogP contribution in [0.5, 0.6) is 0 Å². The molecule has 2 heterocycles. The summed E-state index contributed by atoms with van der Waals surface area (Å²) >= 11 is 4.77. The number of oxazole rings is 1.